The molecule has 1 amide bonds. The number of nitrogens with zero attached hydrogens (tertiary/aromatic N) is 5. The Hall–Kier alpha value is -4.34. The van der Waals surface area contributed by atoms with Crippen molar-refractivity contribution < 1.29 is 19.0 Å². The van der Waals surface area contributed by atoms with E-state index in [1.165, 1.54) is 6.08 Å². The highest BCUT2D eigenvalue weighted by molar-refractivity contribution is 6.01. The van der Waals surface area contributed by atoms with Crippen LogP contribution in [0.15, 0.2) is 55.0 Å². The minimum absolute atomic E-state index is 0.306. The highest BCUT2D eigenvalue weighted by Gasteiger charge is 2.19. The highest BCUT2D eigenvalue weighted by Crippen LogP contribution is 2.38. The fraction of sp³-hybridized carbons (Fsp3) is 0.280. The van der Waals surface area contributed by atoms with Gasteiger partial charge in [0.15, 0.2) is 11.5 Å². The number of carbonyl (C=O) groups excluding carboxylic acids is 1. The number of anilines is 3. The number of carbonyl (C=O) groups is 1. The van der Waals surface area contributed by atoms with Crippen molar-refractivity contribution in [3.63, 3.8) is 0 Å². The molecule has 3 heterocycles. The van der Waals surface area contributed by atoms with E-state index in [9.17, 15) is 4.79 Å². The first-order chi connectivity index (χ1) is 17.1. The van der Waals surface area contributed by atoms with Crippen LogP contribution in [-0.2, 0) is 4.79 Å². The molecule has 0 saturated carbocycles. The average molecular weight is 477 g/mol. The second kappa shape index (κ2) is 11.2. The van der Waals surface area contributed by atoms with Gasteiger partial charge in [-0.05, 0) is 35.9 Å². The zero-order valence-electron chi connectivity index (χ0n) is 20.0. The largest absolute Gasteiger partial charge is 0.493 e. The van der Waals surface area contributed by atoms with Crippen molar-refractivity contribution >= 4 is 29.4 Å². The Kier molecular flexibility index (Phi) is 7.61. The van der Waals surface area contributed by atoms with Gasteiger partial charge in [0.05, 0.1) is 39.4 Å². The number of rotatable bonds is 8. The lowest BCUT2D eigenvalue weighted by Crippen LogP contribution is -2.47. The summed E-state index contributed by atoms with van der Waals surface area (Å²) in [6.07, 6.45) is 8.11. The molecular formula is C25H28N6O4. The Balaban J connectivity index is 1.33. The molecule has 35 heavy (non-hydrogen) atoms. The minimum Gasteiger partial charge on any atom is -0.493 e. The SMILES string of the molecule is COc1cc(/C=C/C(=O)Nc2cnc(N3CCN(c4ccccn4)CC3)nc2)cc(OC)c1OC. The van der Waals surface area contributed by atoms with E-state index in [-0.39, 0.29) is 5.91 Å². The summed E-state index contributed by atoms with van der Waals surface area (Å²) < 4.78 is 16.0. The number of methoxy groups -OCH3 is 3. The topological polar surface area (TPSA) is 102 Å². The number of ether oxygens (including phenoxy) is 3. The van der Waals surface area contributed by atoms with Gasteiger partial charge in [-0.2, -0.15) is 0 Å². The van der Waals surface area contributed by atoms with Crippen molar-refractivity contribution in [3.05, 3.63) is 60.6 Å². The quantitative estimate of drug-likeness (QED) is 0.492. The van der Waals surface area contributed by atoms with E-state index in [0.29, 0.717) is 28.9 Å². The van der Waals surface area contributed by atoms with Crippen molar-refractivity contribution in [2.45, 2.75) is 0 Å². The summed E-state index contributed by atoms with van der Waals surface area (Å²) in [6, 6.07) is 9.44. The van der Waals surface area contributed by atoms with E-state index in [1.54, 1.807) is 58.1 Å². The summed E-state index contributed by atoms with van der Waals surface area (Å²) in [7, 11) is 4.63. The van der Waals surface area contributed by atoms with Crippen LogP contribution in [0.2, 0.25) is 0 Å². The van der Waals surface area contributed by atoms with Crippen molar-refractivity contribution in [1.29, 1.82) is 0 Å². The fourth-order valence-electron chi connectivity index (χ4n) is 3.78. The second-order valence-corrected chi connectivity index (χ2v) is 7.72. The summed E-state index contributed by atoms with van der Waals surface area (Å²) in [4.78, 5) is 30.0. The molecule has 1 fully saturated rings. The predicted octanol–water partition coefficient (Wildman–Crippen LogP) is 2.88. The third-order valence-electron chi connectivity index (χ3n) is 5.56. The van der Waals surface area contributed by atoms with Crippen LogP contribution < -0.4 is 29.3 Å². The molecule has 0 bridgehead atoms. The van der Waals surface area contributed by atoms with Crippen molar-refractivity contribution in [2.75, 3.05) is 62.6 Å². The summed E-state index contributed by atoms with van der Waals surface area (Å²) in [5, 5.41) is 2.78. The summed E-state index contributed by atoms with van der Waals surface area (Å²) in [5.41, 5.74) is 1.24. The van der Waals surface area contributed by atoms with Crippen molar-refractivity contribution in [2.24, 2.45) is 0 Å². The van der Waals surface area contributed by atoms with Gasteiger partial charge in [-0.15, -0.1) is 0 Å². The molecule has 1 aliphatic heterocycles. The number of hydrogen-bond acceptors (Lipinski definition) is 9. The van der Waals surface area contributed by atoms with E-state index < -0.39 is 0 Å². The second-order valence-electron chi connectivity index (χ2n) is 7.72. The number of nitrogens with one attached hydrogen (secondary N) is 1. The van der Waals surface area contributed by atoms with Gasteiger partial charge in [0, 0.05) is 38.5 Å². The smallest absolute Gasteiger partial charge is 0.248 e. The van der Waals surface area contributed by atoms with E-state index in [2.05, 4.69) is 30.1 Å². The Labute approximate surface area is 204 Å². The maximum absolute atomic E-state index is 12.4. The molecule has 0 atom stereocenters. The van der Waals surface area contributed by atoms with Crippen molar-refractivity contribution in [3.8, 4) is 17.2 Å². The van der Waals surface area contributed by atoms with Crippen LogP contribution in [0.25, 0.3) is 6.08 Å². The van der Waals surface area contributed by atoms with Crippen LogP contribution in [0.1, 0.15) is 5.56 Å². The van der Waals surface area contributed by atoms with Crippen LogP contribution >= 0.6 is 0 Å². The van der Waals surface area contributed by atoms with E-state index >= 15 is 0 Å². The Morgan fingerprint density at radius 1 is 0.914 bits per heavy atom. The number of pyridine rings is 1. The lowest BCUT2D eigenvalue weighted by Gasteiger charge is -2.35. The van der Waals surface area contributed by atoms with E-state index in [1.807, 2.05) is 18.2 Å². The number of benzene rings is 1. The molecule has 0 aliphatic carbocycles. The predicted molar refractivity (Wildman–Crippen MR) is 134 cm³/mol. The van der Waals surface area contributed by atoms with Crippen LogP contribution in [-0.4, -0.2) is 68.4 Å². The molecule has 1 aliphatic rings. The Bertz CT molecular complexity index is 1140. The van der Waals surface area contributed by atoms with Crippen LogP contribution in [0.3, 0.4) is 0 Å². The standard InChI is InChI=1S/C25H28N6O4/c1-33-20-14-18(15-21(34-2)24(20)35-3)7-8-23(32)29-19-16-27-25(28-17-19)31-12-10-30(11-13-31)22-6-4-5-9-26-22/h4-9,14-17H,10-13H2,1-3H3,(H,29,32)/b8-7+. The maximum Gasteiger partial charge on any atom is 0.248 e. The molecule has 10 nitrogen and oxygen atoms in total. The molecule has 0 radical (unpaired) electrons. The van der Waals surface area contributed by atoms with Crippen LogP contribution in [0, 0.1) is 0 Å². The van der Waals surface area contributed by atoms with E-state index in [4.69, 9.17) is 14.2 Å². The summed E-state index contributed by atoms with van der Waals surface area (Å²) in [5.74, 6) is 2.82. The lowest BCUT2D eigenvalue weighted by atomic mass is 10.1. The summed E-state index contributed by atoms with van der Waals surface area (Å²) >= 11 is 0. The minimum atomic E-state index is -0.306. The monoisotopic (exact) mass is 476 g/mol. The summed E-state index contributed by atoms with van der Waals surface area (Å²) in [6.45, 7) is 3.26. The third-order valence-corrected chi connectivity index (χ3v) is 5.56. The molecule has 4 rings (SSSR count). The third kappa shape index (κ3) is 5.78. The maximum atomic E-state index is 12.4. The molecule has 0 unspecified atom stereocenters. The number of piperazine rings is 1. The normalized spacial score (nSPS) is 13.6. The molecular weight excluding hydrogens is 448 g/mol. The molecule has 10 heteroatoms. The zero-order valence-corrected chi connectivity index (χ0v) is 20.0. The van der Waals surface area contributed by atoms with Gasteiger partial charge >= 0.3 is 0 Å². The van der Waals surface area contributed by atoms with Crippen LogP contribution in [0.4, 0.5) is 17.5 Å². The van der Waals surface area contributed by atoms with Gasteiger partial charge in [-0.25, -0.2) is 15.0 Å². The first-order valence-corrected chi connectivity index (χ1v) is 11.1. The van der Waals surface area contributed by atoms with E-state index in [0.717, 1.165) is 37.6 Å². The Morgan fingerprint density at radius 3 is 2.14 bits per heavy atom. The van der Waals surface area contributed by atoms with Gasteiger partial charge in [0.1, 0.15) is 5.82 Å². The van der Waals surface area contributed by atoms with Gasteiger partial charge in [0.25, 0.3) is 0 Å². The lowest BCUT2D eigenvalue weighted by molar-refractivity contribution is -0.111. The molecule has 1 aromatic carbocycles. The number of aromatic nitrogens is 3. The molecule has 2 aromatic heterocycles. The van der Waals surface area contributed by atoms with Crippen molar-refractivity contribution in [1.82, 2.24) is 15.0 Å². The fourth-order valence-corrected chi connectivity index (χ4v) is 3.78. The molecule has 182 valence electrons. The number of amides is 1. The van der Waals surface area contributed by atoms with Crippen LogP contribution in [0.5, 0.6) is 17.2 Å². The number of hydrogen-bond donors (Lipinski definition) is 1. The Morgan fingerprint density at radius 2 is 1.57 bits per heavy atom. The average Bonchev–Trinajstić information content (AvgIpc) is 2.92. The first-order valence-electron chi connectivity index (χ1n) is 11.1. The first kappa shape index (κ1) is 23.8. The zero-order chi connectivity index (χ0) is 24.6. The molecule has 1 N–H and O–H groups in total. The van der Waals surface area contributed by atoms with Gasteiger partial charge < -0.3 is 29.3 Å². The molecule has 1 saturated heterocycles. The molecule has 0 spiro atoms. The van der Waals surface area contributed by atoms with Gasteiger partial charge in [-0.3, -0.25) is 4.79 Å². The van der Waals surface area contributed by atoms with Gasteiger partial charge in [0.2, 0.25) is 17.6 Å². The molecule has 3 aromatic rings. The van der Waals surface area contributed by atoms with Gasteiger partial charge in [-0.1, -0.05) is 6.07 Å². The highest BCUT2D eigenvalue weighted by atomic mass is 16.5.